The fourth-order valence-electron chi connectivity index (χ4n) is 0.882. The summed E-state index contributed by atoms with van der Waals surface area (Å²) < 4.78 is 66.0. The molecule has 0 amide bonds. The second kappa shape index (κ2) is 4.42. The molecule has 0 spiro atoms. The molecule has 90 valence electrons. The minimum atomic E-state index is -4.95. The highest BCUT2D eigenvalue weighted by Gasteiger charge is 2.31. The average Bonchev–Trinajstić information content (AvgIpc) is 2.07. The van der Waals surface area contributed by atoms with E-state index in [-0.39, 0.29) is 0 Å². The van der Waals surface area contributed by atoms with Crippen molar-refractivity contribution in [1.82, 2.24) is 0 Å². The van der Waals surface area contributed by atoms with E-state index in [0.717, 1.165) is 12.1 Å². The van der Waals surface area contributed by atoms with Crippen molar-refractivity contribution in [3.63, 3.8) is 0 Å². The van der Waals surface area contributed by atoms with Crippen LogP contribution in [0.4, 0.5) is 22.0 Å². The third kappa shape index (κ3) is 3.79. The van der Waals surface area contributed by atoms with Crippen LogP contribution in [-0.4, -0.2) is 18.1 Å². The fourth-order valence-corrected chi connectivity index (χ4v) is 0.882. The molecule has 0 aliphatic heterocycles. The van der Waals surface area contributed by atoms with Gasteiger partial charge in [-0.25, -0.2) is 0 Å². The van der Waals surface area contributed by atoms with Crippen molar-refractivity contribution < 1.29 is 36.5 Å². The molecule has 8 heteroatoms. The van der Waals surface area contributed by atoms with Crippen LogP contribution >= 0.6 is 0 Å². The largest absolute Gasteiger partial charge is 0.573 e. The van der Waals surface area contributed by atoms with E-state index in [1.54, 1.807) is 0 Å². The first-order valence-corrected chi connectivity index (χ1v) is 3.81. The lowest BCUT2D eigenvalue weighted by molar-refractivity contribution is -0.274. The van der Waals surface area contributed by atoms with Crippen molar-refractivity contribution in [2.75, 3.05) is 0 Å². The van der Waals surface area contributed by atoms with Crippen molar-refractivity contribution in [3.8, 4) is 17.2 Å². The van der Waals surface area contributed by atoms with Gasteiger partial charge >= 0.3 is 13.0 Å². The summed E-state index contributed by atoms with van der Waals surface area (Å²) >= 11 is 0. The van der Waals surface area contributed by atoms with Crippen LogP contribution in [0.5, 0.6) is 17.2 Å². The van der Waals surface area contributed by atoms with Crippen molar-refractivity contribution in [2.24, 2.45) is 0 Å². The number of hydrogen-bond donors (Lipinski definition) is 1. The van der Waals surface area contributed by atoms with Gasteiger partial charge in [-0.05, 0) is 12.1 Å². The summed E-state index contributed by atoms with van der Waals surface area (Å²) in [6.07, 6.45) is -4.95. The van der Waals surface area contributed by atoms with E-state index >= 15 is 0 Å². The van der Waals surface area contributed by atoms with Crippen LogP contribution in [-0.2, 0) is 0 Å². The van der Waals surface area contributed by atoms with Crippen LogP contribution in [0.2, 0.25) is 0 Å². The van der Waals surface area contributed by atoms with Crippen molar-refractivity contribution in [1.29, 1.82) is 0 Å². The zero-order chi connectivity index (χ0) is 12.3. The standard InChI is InChI=1S/C8H5F5O3/c9-7(10)15-6-3-4(1-2-5(6)14)16-8(11,12)13/h1-3,7,14H. The first-order chi connectivity index (χ1) is 7.28. The SMILES string of the molecule is Oc1ccc(OC(F)(F)F)cc1OC(F)F. The van der Waals surface area contributed by atoms with Gasteiger partial charge in [0.15, 0.2) is 11.5 Å². The smallest absolute Gasteiger partial charge is 0.504 e. The Balaban J connectivity index is 2.89. The van der Waals surface area contributed by atoms with Gasteiger partial charge in [0.25, 0.3) is 0 Å². The zero-order valence-electron chi connectivity index (χ0n) is 7.46. The summed E-state index contributed by atoms with van der Waals surface area (Å²) in [5.74, 6) is -2.27. The molecule has 1 N–H and O–H groups in total. The number of phenolic OH excluding ortho intramolecular Hbond substituents is 1. The number of rotatable bonds is 3. The van der Waals surface area contributed by atoms with E-state index in [0.29, 0.717) is 6.07 Å². The van der Waals surface area contributed by atoms with Gasteiger partial charge in [-0.15, -0.1) is 13.2 Å². The number of aromatic hydroxyl groups is 1. The maximum atomic E-state index is 11.8. The molecule has 0 unspecified atom stereocenters. The molecule has 0 atom stereocenters. The fraction of sp³-hybridized carbons (Fsp3) is 0.250. The van der Waals surface area contributed by atoms with Crippen LogP contribution in [0, 0.1) is 0 Å². The van der Waals surface area contributed by atoms with Crippen molar-refractivity contribution >= 4 is 0 Å². The molecular weight excluding hydrogens is 239 g/mol. The summed E-state index contributed by atoms with van der Waals surface area (Å²) in [6.45, 7) is -3.26. The van der Waals surface area contributed by atoms with E-state index in [2.05, 4.69) is 9.47 Å². The molecular formula is C8H5F5O3. The minimum Gasteiger partial charge on any atom is -0.504 e. The Hall–Kier alpha value is -1.73. The third-order valence-corrected chi connectivity index (χ3v) is 1.38. The highest BCUT2D eigenvalue weighted by Crippen LogP contribution is 2.33. The number of phenols is 1. The molecule has 3 nitrogen and oxygen atoms in total. The summed E-state index contributed by atoms with van der Waals surface area (Å²) in [5, 5.41) is 8.99. The molecule has 1 rings (SSSR count). The Labute approximate surface area is 86.0 Å². The van der Waals surface area contributed by atoms with Gasteiger partial charge in [0, 0.05) is 6.07 Å². The van der Waals surface area contributed by atoms with E-state index in [4.69, 9.17) is 5.11 Å². The lowest BCUT2D eigenvalue weighted by Crippen LogP contribution is -2.17. The maximum absolute atomic E-state index is 11.8. The molecule has 0 bridgehead atoms. The van der Waals surface area contributed by atoms with Gasteiger partial charge in [0.1, 0.15) is 5.75 Å². The predicted octanol–water partition coefficient (Wildman–Crippen LogP) is 2.89. The molecule has 0 aliphatic carbocycles. The molecule has 0 aromatic heterocycles. The van der Waals surface area contributed by atoms with E-state index in [1.165, 1.54) is 0 Å². The average molecular weight is 244 g/mol. The van der Waals surface area contributed by atoms with Gasteiger partial charge in [-0.3, -0.25) is 0 Å². The lowest BCUT2D eigenvalue weighted by atomic mass is 10.3. The molecule has 0 aliphatic rings. The lowest BCUT2D eigenvalue weighted by Gasteiger charge is -2.11. The highest BCUT2D eigenvalue weighted by atomic mass is 19.4. The third-order valence-electron chi connectivity index (χ3n) is 1.38. The first-order valence-electron chi connectivity index (χ1n) is 3.81. The van der Waals surface area contributed by atoms with Crippen molar-refractivity contribution in [2.45, 2.75) is 13.0 Å². The molecule has 1 aromatic rings. The quantitative estimate of drug-likeness (QED) is 0.831. The Morgan fingerprint density at radius 1 is 1.19 bits per heavy atom. The Morgan fingerprint density at radius 2 is 1.81 bits per heavy atom. The maximum Gasteiger partial charge on any atom is 0.573 e. The van der Waals surface area contributed by atoms with Crippen molar-refractivity contribution in [3.05, 3.63) is 18.2 Å². The van der Waals surface area contributed by atoms with Crippen LogP contribution in [0.1, 0.15) is 0 Å². The summed E-state index contributed by atoms with van der Waals surface area (Å²) in [5.41, 5.74) is 0. The second-order valence-corrected chi connectivity index (χ2v) is 2.56. The number of benzene rings is 1. The van der Waals surface area contributed by atoms with Gasteiger partial charge < -0.3 is 14.6 Å². The van der Waals surface area contributed by atoms with Gasteiger partial charge in [-0.1, -0.05) is 0 Å². The summed E-state index contributed by atoms with van der Waals surface area (Å²) in [4.78, 5) is 0. The Bertz CT molecular complexity index is 363. The molecule has 0 saturated heterocycles. The first kappa shape index (κ1) is 12.3. The van der Waals surface area contributed by atoms with E-state index in [1.807, 2.05) is 0 Å². The number of alkyl halides is 5. The van der Waals surface area contributed by atoms with Crippen LogP contribution in [0.3, 0.4) is 0 Å². The van der Waals surface area contributed by atoms with Crippen LogP contribution in [0.25, 0.3) is 0 Å². The molecule has 0 saturated carbocycles. The summed E-state index contributed by atoms with van der Waals surface area (Å²) in [6, 6.07) is 2.02. The molecule has 0 radical (unpaired) electrons. The second-order valence-electron chi connectivity index (χ2n) is 2.56. The molecule has 0 heterocycles. The predicted molar refractivity (Wildman–Crippen MR) is 41.4 cm³/mol. The van der Waals surface area contributed by atoms with Gasteiger partial charge in [-0.2, -0.15) is 8.78 Å². The van der Waals surface area contributed by atoms with E-state index < -0.39 is 30.2 Å². The molecule has 16 heavy (non-hydrogen) atoms. The van der Waals surface area contributed by atoms with E-state index in [9.17, 15) is 22.0 Å². The number of halogens is 5. The van der Waals surface area contributed by atoms with Gasteiger partial charge in [0.2, 0.25) is 0 Å². The molecule has 1 aromatic carbocycles. The summed E-state index contributed by atoms with van der Waals surface area (Å²) in [7, 11) is 0. The van der Waals surface area contributed by atoms with Crippen LogP contribution < -0.4 is 9.47 Å². The number of ether oxygens (including phenoxy) is 2. The minimum absolute atomic E-state index is 0.509. The Kier molecular flexibility index (Phi) is 3.41. The van der Waals surface area contributed by atoms with Gasteiger partial charge in [0.05, 0.1) is 0 Å². The highest BCUT2D eigenvalue weighted by molar-refractivity contribution is 5.44. The normalized spacial score (nSPS) is 11.6. The molecule has 0 fully saturated rings. The van der Waals surface area contributed by atoms with Crippen LogP contribution in [0.15, 0.2) is 18.2 Å². The monoisotopic (exact) mass is 244 g/mol. The number of hydrogen-bond acceptors (Lipinski definition) is 3. The Morgan fingerprint density at radius 3 is 2.31 bits per heavy atom. The topological polar surface area (TPSA) is 38.7 Å². The zero-order valence-corrected chi connectivity index (χ0v) is 7.46.